The Labute approximate surface area is 126 Å². The summed E-state index contributed by atoms with van der Waals surface area (Å²) in [7, 11) is 0. The Balaban J connectivity index is 1.77. The lowest BCUT2D eigenvalue weighted by atomic mass is 9.93. The molecule has 0 radical (unpaired) electrons. The molecule has 3 nitrogen and oxygen atoms in total. The fourth-order valence-electron chi connectivity index (χ4n) is 2.27. The normalized spacial score (nSPS) is 21.5. The highest BCUT2D eigenvalue weighted by atomic mass is 35.5. The highest BCUT2D eigenvalue weighted by molar-refractivity contribution is 8.14. The number of hydrogen-bond acceptors (Lipinski definition) is 4. The maximum atomic E-state index is 6.17. The van der Waals surface area contributed by atoms with Crippen LogP contribution in [0.1, 0.15) is 12.8 Å². The van der Waals surface area contributed by atoms with Gasteiger partial charge in [0.25, 0.3) is 0 Å². The SMILES string of the molecule is Clc1cccc(NC2=NC3(CCOCC3)CS2)c1Cl. The fourth-order valence-corrected chi connectivity index (χ4v) is 3.82. The number of amidine groups is 1. The molecule has 102 valence electrons. The quantitative estimate of drug-likeness (QED) is 0.848. The van der Waals surface area contributed by atoms with Crippen molar-refractivity contribution in [1.29, 1.82) is 0 Å². The van der Waals surface area contributed by atoms with Crippen molar-refractivity contribution in [2.24, 2.45) is 4.99 Å². The van der Waals surface area contributed by atoms with E-state index >= 15 is 0 Å². The van der Waals surface area contributed by atoms with Crippen LogP contribution in [0.4, 0.5) is 5.69 Å². The van der Waals surface area contributed by atoms with Gasteiger partial charge in [-0.05, 0) is 25.0 Å². The summed E-state index contributed by atoms with van der Waals surface area (Å²) >= 11 is 13.9. The van der Waals surface area contributed by atoms with Crippen LogP contribution in [-0.4, -0.2) is 29.7 Å². The molecule has 0 aliphatic carbocycles. The van der Waals surface area contributed by atoms with Crippen LogP contribution in [0.15, 0.2) is 23.2 Å². The van der Waals surface area contributed by atoms with Crippen LogP contribution < -0.4 is 5.32 Å². The molecule has 0 amide bonds. The minimum atomic E-state index is 0.0519. The molecule has 0 atom stereocenters. The van der Waals surface area contributed by atoms with E-state index in [-0.39, 0.29) is 5.54 Å². The van der Waals surface area contributed by atoms with Crippen molar-refractivity contribution in [3.63, 3.8) is 0 Å². The molecule has 2 heterocycles. The summed E-state index contributed by atoms with van der Waals surface area (Å²) in [5.74, 6) is 1.01. The zero-order valence-corrected chi connectivity index (χ0v) is 12.6. The van der Waals surface area contributed by atoms with Gasteiger partial charge >= 0.3 is 0 Å². The smallest absolute Gasteiger partial charge is 0.161 e. The number of aliphatic imine (C=N–C) groups is 1. The van der Waals surface area contributed by atoms with Gasteiger partial charge in [0.05, 0.1) is 21.3 Å². The Morgan fingerprint density at radius 3 is 2.84 bits per heavy atom. The zero-order valence-electron chi connectivity index (χ0n) is 10.3. The lowest BCUT2D eigenvalue weighted by Gasteiger charge is -2.29. The van der Waals surface area contributed by atoms with Gasteiger partial charge in [0, 0.05) is 19.0 Å². The van der Waals surface area contributed by atoms with E-state index in [4.69, 9.17) is 32.9 Å². The highest BCUT2D eigenvalue weighted by Crippen LogP contribution is 2.37. The van der Waals surface area contributed by atoms with Crippen molar-refractivity contribution < 1.29 is 4.74 Å². The Morgan fingerprint density at radius 1 is 1.26 bits per heavy atom. The number of hydrogen-bond donors (Lipinski definition) is 1. The van der Waals surface area contributed by atoms with E-state index in [0.29, 0.717) is 10.0 Å². The maximum absolute atomic E-state index is 6.17. The van der Waals surface area contributed by atoms with E-state index in [9.17, 15) is 0 Å². The predicted octanol–water partition coefficient (Wildman–Crippen LogP) is 4.06. The van der Waals surface area contributed by atoms with Gasteiger partial charge in [-0.3, -0.25) is 4.99 Å². The van der Waals surface area contributed by atoms with Crippen LogP contribution in [0.3, 0.4) is 0 Å². The second-order valence-corrected chi connectivity index (χ2v) is 6.52. The van der Waals surface area contributed by atoms with E-state index in [1.807, 2.05) is 12.1 Å². The molecule has 0 unspecified atom stereocenters. The standard InChI is InChI=1S/C13H14Cl2N2OS/c14-9-2-1-3-10(11(9)15)16-12-17-13(8-19-12)4-6-18-7-5-13/h1-3H,4-8H2,(H,16,17). The second-order valence-electron chi connectivity index (χ2n) is 4.77. The maximum Gasteiger partial charge on any atom is 0.161 e. The number of anilines is 1. The van der Waals surface area contributed by atoms with Gasteiger partial charge in [0.15, 0.2) is 5.17 Å². The van der Waals surface area contributed by atoms with Crippen LogP contribution in [-0.2, 0) is 4.74 Å². The third-order valence-corrected chi connectivity index (χ3v) is 5.40. The summed E-state index contributed by atoms with van der Waals surface area (Å²) in [4.78, 5) is 4.83. The fraction of sp³-hybridized carbons (Fsp3) is 0.462. The minimum Gasteiger partial charge on any atom is -0.381 e. The first-order valence-corrected chi connectivity index (χ1v) is 7.94. The van der Waals surface area contributed by atoms with Crippen LogP contribution in [0.2, 0.25) is 10.0 Å². The van der Waals surface area contributed by atoms with Crippen LogP contribution in [0, 0.1) is 0 Å². The van der Waals surface area contributed by atoms with Gasteiger partial charge < -0.3 is 10.1 Å². The van der Waals surface area contributed by atoms with Crippen molar-refractivity contribution in [2.45, 2.75) is 18.4 Å². The van der Waals surface area contributed by atoms with Crippen LogP contribution in [0.25, 0.3) is 0 Å². The number of nitrogens with one attached hydrogen (secondary N) is 1. The molecule has 1 spiro atoms. The van der Waals surface area contributed by atoms with Crippen molar-refractivity contribution in [3.8, 4) is 0 Å². The van der Waals surface area contributed by atoms with Gasteiger partial charge in [-0.15, -0.1) is 0 Å². The average molecular weight is 317 g/mol. The second kappa shape index (κ2) is 5.52. The van der Waals surface area contributed by atoms with Crippen molar-refractivity contribution in [2.75, 3.05) is 24.3 Å². The molecule has 19 heavy (non-hydrogen) atoms. The predicted molar refractivity (Wildman–Crippen MR) is 82.8 cm³/mol. The summed E-state index contributed by atoms with van der Waals surface area (Å²) in [6.07, 6.45) is 1.99. The van der Waals surface area contributed by atoms with Crippen LogP contribution >= 0.6 is 35.0 Å². The molecule has 0 bridgehead atoms. The Bertz CT molecular complexity index is 515. The van der Waals surface area contributed by atoms with Crippen molar-refractivity contribution in [1.82, 2.24) is 0 Å². The summed E-state index contributed by atoms with van der Waals surface area (Å²) in [5, 5.41) is 5.29. The summed E-state index contributed by atoms with van der Waals surface area (Å²) in [6, 6.07) is 5.56. The third-order valence-electron chi connectivity index (χ3n) is 3.43. The molecular weight excluding hydrogens is 303 g/mol. The molecule has 2 aliphatic rings. The summed E-state index contributed by atoms with van der Waals surface area (Å²) in [5.41, 5.74) is 0.862. The van der Waals surface area contributed by atoms with Crippen molar-refractivity contribution in [3.05, 3.63) is 28.2 Å². The molecule has 3 rings (SSSR count). The summed E-state index contributed by atoms with van der Waals surface area (Å²) < 4.78 is 5.41. The Morgan fingerprint density at radius 2 is 2.05 bits per heavy atom. The van der Waals surface area contributed by atoms with Gasteiger partial charge in [-0.2, -0.15) is 0 Å². The van der Waals surface area contributed by atoms with Gasteiger partial charge in [0.1, 0.15) is 0 Å². The Hall–Kier alpha value is -0.420. The largest absolute Gasteiger partial charge is 0.381 e. The van der Waals surface area contributed by atoms with E-state index in [1.165, 1.54) is 0 Å². The van der Waals surface area contributed by atoms with Crippen molar-refractivity contribution >= 4 is 45.8 Å². The Kier molecular flexibility index (Phi) is 3.94. The number of nitrogens with zero attached hydrogens (tertiary/aromatic N) is 1. The molecular formula is C13H14Cl2N2OS. The van der Waals surface area contributed by atoms with Gasteiger partial charge in [0.2, 0.25) is 0 Å². The first-order chi connectivity index (χ1) is 9.19. The monoisotopic (exact) mass is 316 g/mol. The molecule has 1 aromatic rings. The number of thioether (sulfide) groups is 1. The molecule has 1 saturated heterocycles. The van der Waals surface area contributed by atoms with E-state index in [1.54, 1.807) is 17.8 Å². The minimum absolute atomic E-state index is 0.0519. The molecule has 6 heteroatoms. The van der Waals surface area contributed by atoms with Gasteiger partial charge in [-0.1, -0.05) is 41.0 Å². The number of halogens is 2. The average Bonchev–Trinajstić information content (AvgIpc) is 2.79. The lowest BCUT2D eigenvalue weighted by Crippen LogP contribution is -2.34. The highest BCUT2D eigenvalue weighted by Gasteiger charge is 2.37. The first kappa shape index (κ1) is 13.6. The molecule has 1 aromatic carbocycles. The van der Waals surface area contributed by atoms with E-state index in [2.05, 4.69) is 5.32 Å². The van der Waals surface area contributed by atoms with E-state index < -0.39 is 0 Å². The van der Waals surface area contributed by atoms with Crippen LogP contribution in [0.5, 0.6) is 0 Å². The number of benzene rings is 1. The lowest BCUT2D eigenvalue weighted by molar-refractivity contribution is 0.0624. The zero-order chi connectivity index (χ0) is 13.3. The number of rotatable bonds is 1. The van der Waals surface area contributed by atoms with E-state index in [0.717, 1.165) is 42.7 Å². The molecule has 0 saturated carbocycles. The number of ether oxygens (including phenoxy) is 1. The topological polar surface area (TPSA) is 33.6 Å². The molecule has 1 N–H and O–H groups in total. The molecule has 0 aromatic heterocycles. The third kappa shape index (κ3) is 2.87. The molecule has 2 aliphatic heterocycles. The summed E-state index contributed by atoms with van der Waals surface area (Å²) in [6.45, 7) is 1.60. The molecule has 1 fully saturated rings. The first-order valence-electron chi connectivity index (χ1n) is 6.20. The van der Waals surface area contributed by atoms with Gasteiger partial charge in [-0.25, -0.2) is 0 Å².